The van der Waals surface area contributed by atoms with Crippen LogP contribution in [-0.4, -0.2) is 61.5 Å². The van der Waals surface area contributed by atoms with E-state index in [1.54, 1.807) is 0 Å². The summed E-state index contributed by atoms with van der Waals surface area (Å²) in [6, 6.07) is 0. The molecule has 0 atom stereocenters. The Labute approximate surface area is 127 Å². The average molecular weight is 320 g/mol. The highest BCUT2D eigenvalue weighted by molar-refractivity contribution is 5.91. The molecule has 0 aliphatic carbocycles. The molecule has 0 bridgehead atoms. The largest absolute Gasteiger partial charge is 0.466 e. The summed E-state index contributed by atoms with van der Waals surface area (Å²) in [5.74, 6) is -3.98. The molecule has 0 saturated carbocycles. The van der Waals surface area contributed by atoms with Crippen LogP contribution < -0.4 is 0 Å². The molecular weight excluding hydrogens is 300 g/mol. The number of rotatable bonds is 9. The van der Waals surface area contributed by atoms with Crippen LogP contribution in [-0.2, 0) is 38.1 Å². The van der Waals surface area contributed by atoms with Gasteiger partial charge in [-0.25, -0.2) is 9.59 Å². The van der Waals surface area contributed by atoms with Crippen LogP contribution in [0.2, 0.25) is 0 Å². The minimum Gasteiger partial charge on any atom is -0.466 e. The maximum atomic E-state index is 11.9. The van der Waals surface area contributed by atoms with Crippen molar-refractivity contribution in [3.63, 3.8) is 0 Å². The van der Waals surface area contributed by atoms with Gasteiger partial charge in [-0.05, 0) is 13.8 Å². The number of esters is 4. The number of carbonyl (C=O) groups is 4. The molecule has 22 heavy (non-hydrogen) atoms. The van der Waals surface area contributed by atoms with Gasteiger partial charge < -0.3 is 24.1 Å². The fourth-order valence-electron chi connectivity index (χ4n) is 1.43. The van der Waals surface area contributed by atoms with Crippen LogP contribution in [0, 0.1) is 0 Å². The molecule has 0 aromatic carbocycles. The van der Waals surface area contributed by atoms with Crippen LogP contribution in [0.3, 0.4) is 0 Å². The van der Waals surface area contributed by atoms with Crippen LogP contribution >= 0.6 is 0 Å². The molecule has 0 spiro atoms. The van der Waals surface area contributed by atoms with E-state index in [1.165, 1.54) is 13.8 Å². The molecule has 9 nitrogen and oxygen atoms in total. The van der Waals surface area contributed by atoms with Gasteiger partial charge in [0, 0.05) is 0 Å². The number of aliphatic hydroxyl groups is 1. The van der Waals surface area contributed by atoms with E-state index in [0.29, 0.717) is 0 Å². The van der Waals surface area contributed by atoms with Crippen molar-refractivity contribution < 1.29 is 43.2 Å². The lowest BCUT2D eigenvalue weighted by atomic mass is 9.95. The maximum absolute atomic E-state index is 11.9. The molecular formula is C13H20O9. The Bertz CT molecular complexity index is 396. The summed E-state index contributed by atoms with van der Waals surface area (Å²) >= 11 is 0. The first-order valence-corrected chi connectivity index (χ1v) is 6.56. The van der Waals surface area contributed by atoms with E-state index in [9.17, 15) is 24.3 Å². The Hall–Kier alpha value is -2.16. The van der Waals surface area contributed by atoms with Gasteiger partial charge in [0.15, 0.2) is 12.2 Å². The van der Waals surface area contributed by atoms with Gasteiger partial charge in [0.25, 0.3) is 0 Å². The number of hydrogen-bond donors (Lipinski definition) is 1. The van der Waals surface area contributed by atoms with Gasteiger partial charge in [-0.3, -0.25) is 9.59 Å². The van der Waals surface area contributed by atoms with Crippen molar-refractivity contribution in [3.05, 3.63) is 0 Å². The highest BCUT2D eigenvalue weighted by atomic mass is 16.6. The normalized spacial score (nSPS) is 10.5. The van der Waals surface area contributed by atoms with Crippen molar-refractivity contribution in [2.75, 3.05) is 26.9 Å². The molecule has 9 heteroatoms. The lowest BCUT2D eigenvalue weighted by Gasteiger charge is -2.23. The zero-order valence-electron chi connectivity index (χ0n) is 12.7. The van der Waals surface area contributed by atoms with E-state index in [2.05, 4.69) is 18.9 Å². The fraction of sp³-hybridized carbons (Fsp3) is 0.692. The van der Waals surface area contributed by atoms with Crippen LogP contribution in [0.15, 0.2) is 0 Å². The molecule has 0 aromatic heterocycles. The number of methoxy groups -OCH3 is 1. The SMILES string of the molecule is CCOC(=O)CC(O)(CC(=O)OCC)C(=O)OCC(=O)OC. The summed E-state index contributed by atoms with van der Waals surface area (Å²) in [6.07, 6.45) is -1.61. The van der Waals surface area contributed by atoms with E-state index in [1.807, 2.05) is 0 Å². The lowest BCUT2D eigenvalue weighted by Crippen LogP contribution is -2.45. The number of ether oxygens (including phenoxy) is 4. The van der Waals surface area contributed by atoms with Gasteiger partial charge in [-0.1, -0.05) is 0 Å². The Morgan fingerprint density at radius 1 is 0.864 bits per heavy atom. The zero-order chi connectivity index (χ0) is 17.2. The molecule has 0 heterocycles. The molecule has 0 radical (unpaired) electrons. The van der Waals surface area contributed by atoms with Crippen molar-refractivity contribution >= 4 is 23.9 Å². The topological polar surface area (TPSA) is 125 Å². The third-order valence-corrected chi connectivity index (χ3v) is 2.41. The van der Waals surface area contributed by atoms with E-state index >= 15 is 0 Å². The quantitative estimate of drug-likeness (QED) is 0.435. The minimum atomic E-state index is -2.48. The molecule has 0 fully saturated rings. The summed E-state index contributed by atoms with van der Waals surface area (Å²) in [7, 11) is 1.08. The molecule has 0 amide bonds. The van der Waals surface area contributed by atoms with Crippen LogP contribution in [0.1, 0.15) is 26.7 Å². The Morgan fingerprint density at radius 2 is 1.32 bits per heavy atom. The van der Waals surface area contributed by atoms with Crippen molar-refractivity contribution in [3.8, 4) is 0 Å². The standard InChI is InChI=1S/C13H20O9/c1-4-20-9(14)6-13(18,7-10(15)21-5-2)12(17)22-8-11(16)19-3/h18H,4-8H2,1-3H3. The van der Waals surface area contributed by atoms with Gasteiger partial charge in [0.2, 0.25) is 0 Å². The summed E-state index contributed by atoms with van der Waals surface area (Å²) < 4.78 is 18.1. The third-order valence-electron chi connectivity index (χ3n) is 2.41. The van der Waals surface area contributed by atoms with E-state index in [0.717, 1.165) is 7.11 Å². The number of hydrogen-bond acceptors (Lipinski definition) is 9. The first-order chi connectivity index (χ1) is 10.3. The molecule has 0 aromatic rings. The zero-order valence-corrected chi connectivity index (χ0v) is 12.7. The number of carbonyl (C=O) groups excluding carboxylic acids is 4. The molecule has 0 saturated heterocycles. The fourth-order valence-corrected chi connectivity index (χ4v) is 1.43. The Kier molecular flexibility index (Phi) is 8.76. The maximum Gasteiger partial charge on any atom is 0.344 e. The van der Waals surface area contributed by atoms with Gasteiger partial charge in [-0.2, -0.15) is 0 Å². The predicted molar refractivity (Wildman–Crippen MR) is 70.4 cm³/mol. The molecule has 0 aliphatic rings. The van der Waals surface area contributed by atoms with Crippen LogP contribution in [0.25, 0.3) is 0 Å². The van der Waals surface area contributed by atoms with Crippen LogP contribution in [0.5, 0.6) is 0 Å². The summed E-state index contributed by atoms with van der Waals surface area (Å²) in [5, 5.41) is 10.2. The second kappa shape index (κ2) is 9.72. The summed E-state index contributed by atoms with van der Waals surface area (Å²) in [4.78, 5) is 45.7. The Morgan fingerprint density at radius 3 is 1.68 bits per heavy atom. The van der Waals surface area contributed by atoms with Crippen LogP contribution in [0.4, 0.5) is 0 Å². The van der Waals surface area contributed by atoms with Gasteiger partial charge in [0.05, 0.1) is 33.2 Å². The van der Waals surface area contributed by atoms with Gasteiger partial charge >= 0.3 is 23.9 Å². The second-order valence-electron chi connectivity index (χ2n) is 4.15. The lowest BCUT2D eigenvalue weighted by molar-refractivity contribution is -0.180. The van der Waals surface area contributed by atoms with Crippen molar-refractivity contribution in [2.45, 2.75) is 32.3 Å². The van der Waals surface area contributed by atoms with Gasteiger partial charge in [0.1, 0.15) is 0 Å². The molecule has 0 rings (SSSR count). The van der Waals surface area contributed by atoms with E-state index in [4.69, 9.17) is 0 Å². The predicted octanol–water partition coefficient (Wildman–Crippen LogP) is -0.660. The highest BCUT2D eigenvalue weighted by Gasteiger charge is 2.43. The summed E-state index contributed by atoms with van der Waals surface area (Å²) in [5.41, 5.74) is -2.48. The molecule has 0 unspecified atom stereocenters. The smallest absolute Gasteiger partial charge is 0.344 e. The summed E-state index contributed by atoms with van der Waals surface area (Å²) in [6.45, 7) is 2.39. The first kappa shape index (κ1) is 19.8. The minimum absolute atomic E-state index is 0.0333. The Balaban J connectivity index is 4.96. The third kappa shape index (κ3) is 7.02. The first-order valence-electron chi connectivity index (χ1n) is 6.56. The van der Waals surface area contributed by atoms with E-state index < -0.39 is 48.9 Å². The van der Waals surface area contributed by atoms with E-state index in [-0.39, 0.29) is 13.2 Å². The second-order valence-corrected chi connectivity index (χ2v) is 4.15. The average Bonchev–Trinajstić information content (AvgIpc) is 2.44. The molecule has 0 aliphatic heterocycles. The van der Waals surface area contributed by atoms with Gasteiger partial charge in [-0.15, -0.1) is 0 Å². The monoisotopic (exact) mass is 320 g/mol. The van der Waals surface area contributed by atoms with Crippen molar-refractivity contribution in [2.24, 2.45) is 0 Å². The molecule has 1 N–H and O–H groups in total. The molecule has 126 valence electrons. The van der Waals surface area contributed by atoms with Crippen molar-refractivity contribution in [1.82, 2.24) is 0 Å². The van der Waals surface area contributed by atoms with Crippen molar-refractivity contribution in [1.29, 1.82) is 0 Å². The highest BCUT2D eigenvalue weighted by Crippen LogP contribution is 2.20.